The summed E-state index contributed by atoms with van der Waals surface area (Å²) in [6.07, 6.45) is -0.425. The summed E-state index contributed by atoms with van der Waals surface area (Å²) in [4.78, 5) is 60.4. The third-order valence-electron chi connectivity index (χ3n) is 4.78. The highest BCUT2D eigenvalue weighted by Crippen LogP contribution is 2.44. The zero-order valence-electron chi connectivity index (χ0n) is 17.1. The Bertz CT molecular complexity index is 1220. The lowest BCUT2D eigenvalue weighted by atomic mass is 10.1. The van der Waals surface area contributed by atoms with Gasteiger partial charge in [-0.25, -0.2) is 0 Å². The van der Waals surface area contributed by atoms with E-state index >= 15 is 0 Å². The van der Waals surface area contributed by atoms with E-state index in [1.807, 2.05) is 0 Å². The number of rotatable bonds is 7. The molecule has 0 fully saturated rings. The van der Waals surface area contributed by atoms with Crippen LogP contribution in [0.5, 0.6) is 0 Å². The number of hydrogen-bond donors (Lipinski definition) is 1. The van der Waals surface area contributed by atoms with Gasteiger partial charge in [-0.3, -0.25) is 34.2 Å². The summed E-state index contributed by atoms with van der Waals surface area (Å²) < 4.78 is 4.84. The molecule has 1 aliphatic heterocycles. The minimum absolute atomic E-state index is 0.149. The Labute approximate surface area is 211 Å². The number of hydrogen-bond acceptors (Lipinski definition) is 7. The zero-order chi connectivity index (χ0) is 25.3. The monoisotopic (exact) mass is 547 g/mol. The molecule has 0 radical (unpaired) electrons. The maximum absolute atomic E-state index is 12.6. The highest BCUT2D eigenvalue weighted by molar-refractivity contribution is 6.55. The Morgan fingerprint density at radius 2 is 1.59 bits per heavy atom. The van der Waals surface area contributed by atoms with Gasteiger partial charge in [0.1, 0.15) is 0 Å². The van der Waals surface area contributed by atoms with Crippen molar-refractivity contribution in [2.75, 3.05) is 18.5 Å². The molecule has 3 amide bonds. The van der Waals surface area contributed by atoms with Crippen LogP contribution in [-0.4, -0.2) is 46.7 Å². The van der Waals surface area contributed by atoms with E-state index in [1.54, 1.807) is 6.92 Å². The number of carbonyl (C=O) groups is 4. The fraction of sp³-hybridized carbons (Fsp3) is 0.200. The highest BCUT2D eigenvalue weighted by Gasteiger charge is 2.41. The van der Waals surface area contributed by atoms with Crippen molar-refractivity contribution in [3.05, 3.63) is 65.1 Å². The van der Waals surface area contributed by atoms with Crippen LogP contribution in [0.15, 0.2) is 18.2 Å². The third kappa shape index (κ3) is 4.95. The van der Waals surface area contributed by atoms with Gasteiger partial charge in [0.05, 0.1) is 42.6 Å². The second-order valence-electron chi connectivity index (χ2n) is 6.99. The van der Waals surface area contributed by atoms with Gasteiger partial charge in [0.2, 0.25) is 0 Å². The lowest BCUT2D eigenvalue weighted by molar-refractivity contribution is -0.385. The van der Waals surface area contributed by atoms with Crippen LogP contribution in [0.3, 0.4) is 0 Å². The van der Waals surface area contributed by atoms with Gasteiger partial charge in [-0.1, -0.05) is 52.5 Å². The van der Waals surface area contributed by atoms with E-state index in [4.69, 9.17) is 51.1 Å². The summed E-state index contributed by atoms with van der Waals surface area (Å²) in [5.41, 5.74) is -0.0549. The normalized spacial score (nSPS) is 12.6. The van der Waals surface area contributed by atoms with Gasteiger partial charge in [0.25, 0.3) is 23.4 Å². The molecule has 0 bridgehead atoms. The highest BCUT2D eigenvalue weighted by atomic mass is 35.5. The van der Waals surface area contributed by atoms with E-state index in [2.05, 4.69) is 5.32 Å². The largest absolute Gasteiger partial charge is 0.456 e. The number of nitrogens with one attached hydrogen (secondary N) is 1. The minimum Gasteiger partial charge on any atom is -0.456 e. The predicted octanol–water partition coefficient (Wildman–Crippen LogP) is 4.68. The molecule has 2 aromatic rings. The van der Waals surface area contributed by atoms with E-state index in [-0.39, 0.29) is 49.1 Å². The molecule has 3 rings (SSSR count). The molecule has 0 aromatic heterocycles. The lowest BCUT2D eigenvalue weighted by Gasteiger charge is -2.13. The van der Waals surface area contributed by atoms with Crippen LogP contribution >= 0.6 is 46.4 Å². The molecule has 0 saturated heterocycles. The maximum atomic E-state index is 12.6. The number of imide groups is 1. The van der Waals surface area contributed by atoms with Crippen LogP contribution in [0.4, 0.5) is 11.4 Å². The van der Waals surface area contributed by atoms with Gasteiger partial charge in [-0.2, -0.15) is 0 Å². The molecule has 0 aliphatic carbocycles. The van der Waals surface area contributed by atoms with Crippen LogP contribution < -0.4 is 5.32 Å². The maximum Gasteiger partial charge on any atom is 0.308 e. The standard InChI is InChI=1S/C20H13Cl4N3O7/c1-8-2-3-9(6-10(8)27(32)33)25-11(28)7-34-12(29)4-5-26-19(30)13-14(20(26)31)16(22)18(24)17(23)15(13)21/h2-3,6H,4-5,7H2,1H3,(H,25,28). The van der Waals surface area contributed by atoms with E-state index in [0.29, 0.717) is 5.56 Å². The van der Waals surface area contributed by atoms with Gasteiger partial charge in [-0.05, 0) is 13.0 Å². The number of esters is 1. The molecular weight excluding hydrogens is 536 g/mol. The quantitative estimate of drug-likeness (QED) is 0.132. The number of carbonyl (C=O) groups excluding carboxylic acids is 4. The van der Waals surface area contributed by atoms with Crippen molar-refractivity contribution < 1.29 is 28.8 Å². The number of nitro groups is 1. The average molecular weight is 549 g/mol. The summed E-state index contributed by atoms with van der Waals surface area (Å²) in [5, 5.41) is 12.5. The molecule has 1 aliphatic rings. The number of benzene rings is 2. The third-order valence-corrected chi connectivity index (χ3v) is 6.58. The topological polar surface area (TPSA) is 136 Å². The van der Waals surface area contributed by atoms with Crippen LogP contribution in [0, 0.1) is 17.0 Å². The molecule has 10 nitrogen and oxygen atoms in total. The van der Waals surface area contributed by atoms with Crippen molar-refractivity contribution in [2.24, 2.45) is 0 Å². The molecule has 1 N–H and O–H groups in total. The first kappa shape index (κ1) is 25.7. The lowest BCUT2D eigenvalue weighted by Crippen LogP contribution is -2.32. The molecular formula is C20H13Cl4N3O7. The number of ether oxygens (including phenoxy) is 1. The molecule has 34 heavy (non-hydrogen) atoms. The molecule has 0 spiro atoms. The van der Waals surface area contributed by atoms with Gasteiger partial charge in [0.15, 0.2) is 6.61 Å². The average Bonchev–Trinajstić information content (AvgIpc) is 3.04. The fourth-order valence-electron chi connectivity index (χ4n) is 3.10. The molecule has 178 valence electrons. The van der Waals surface area contributed by atoms with E-state index in [1.165, 1.54) is 18.2 Å². The van der Waals surface area contributed by atoms with Gasteiger partial charge in [-0.15, -0.1) is 0 Å². The minimum atomic E-state index is -0.880. The number of nitrogens with zero attached hydrogens (tertiary/aromatic N) is 2. The van der Waals surface area contributed by atoms with Crippen molar-refractivity contribution in [1.29, 1.82) is 0 Å². The van der Waals surface area contributed by atoms with Crippen LogP contribution in [0.2, 0.25) is 20.1 Å². The number of amides is 3. The van der Waals surface area contributed by atoms with Crippen molar-refractivity contribution in [3.63, 3.8) is 0 Å². The Balaban J connectivity index is 1.57. The summed E-state index contributed by atoms with van der Waals surface area (Å²) in [6, 6.07) is 4.09. The van der Waals surface area contributed by atoms with Gasteiger partial charge >= 0.3 is 5.97 Å². The first-order valence-corrected chi connectivity index (χ1v) is 10.9. The van der Waals surface area contributed by atoms with Crippen molar-refractivity contribution in [3.8, 4) is 0 Å². The first-order chi connectivity index (χ1) is 15.9. The van der Waals surface area contributed by atoms with Gasteiger partial charge in [0, 0.05) is 23.9 Å². The number of nitro benzene ring substituents is 1. The van der Waals surface area contributed by atoms with Crippen molar-refractivity contribution >= 4 is 81.5 Å². The molecule has 0 unspecified atom stereocenters. The second-order valence-corrected chi connectivity index (χ2v) is 8.50. The summed E-state index contributed by atoms with van der Waals surface area (Å²) in [7, 11) is 0. The number of anilines is 1. The Hall–Kier alpha value is -2.92. The first-order valence-electron chi connectivity index (χ1n) is 9.36. The molecule has 14 heteroatoms. The molecule has 1 heterocycles. The summed E-state index contributed by atoms with van der Waals surface area (Å²) in [6.45, 7) is 0.481. The Kier molecular flexibility index (Phi) is 7.67. The fourth-order valence-corrected chi connectivity index (χ4v) is 4.12. The number of halogens is 4. The smallest absolute Gasteiger partial charge is 0.308 e. The molecule has 0 atom stereocenters. The Morgan fingerprint density at radius 3 is 2.12 bits per heavy atom. The number of aryl methyl sites for hydroxylation is 1. The van der Waals surface area contributed by atoms with Crippen LogP contribution in [0.25, 0.3) is 0 Å². The zero-order valence-corrected chi connectivity index (χ0v) is 20.1. The van der Waals surface area contributed by atoms with Crippen molar-refractivity contribution in [1.82, 2.24) is 4.90 Å². The van der Waals surface area contributed by atoms with E-state index < -0.39 is 41.6 Å². The second kappa shape index (κ2) is 10.1. The van der Waals surface area contributed by atoms with Crippen LogP contribution in [0.1, 0.15) is 32.7 Å². The van der Waals surface area contributed by atoms with E-state index in [0.717, 1.165) is 4.90 Å². The summed E-state index contributed by atoms with van der Waals surface area (Å²) in [5.74, 6) is -3.24. The SMILES string of the molecule is Cc1ccc(NC(=O)COC(=O)CCN2C(=O)c3c(Cl)c(Cl)c(Cl)c(Cl)c3C2=O)cc1[N+](=O)[O-]. The molecule has 0 saturated carbocycles. The van der Waals surface area contributed by atoms with Crippen molar-refractivity contribution in [2.45, 2.75) is 13.3 Å². The Morgan fingerprint density at radius 1 is 1.03 bits per heavy atom. The molecule has 2 aromatic carbocycles. The van der Waals surface area contributed by atoms with Crippen LogP contribution in [-0.2, 0) is 14.3 Å². The predicted molar refractivity (Wildman–Crippen MR) is 124 cm³/mol. The van der Waals surface area contributed by atoms with Gasteiger partial charge < -0.3 is 10.1 Å². The number of fused-ring (bicyclic) bond motifs is 1. The summed E-state index contributed by atoms with van der Waals surface area (Å²) >= 11 is 24.0. The van der Waals surface area contributed by atoms with E-state index in [9.17, 15) is 29.3 Å².